The number of hydrogen-bond acceptors (Lipinski definition) is 4. The molecule has 0 bridgehead atoms. The first-order chi connectivity index (χ1) is 6.70. The van der Waals surface area contributed by atoms with Crippen LogP contribution in [-0.4, -0.2) is 11.1 Å². The number of hydrogen-bond donors (Lipinski definition) is 0. The van der Waals surface area contributed by atoms with Crippen molar-refractivity contribution in [3.8, 4) is 0 Å². The van der Waals surface area contributed by atoms with Gasteiger partial charge in [0, 0.05) is 11.6 Å². The van der Waals surface area contributed by atoms with Crippen LogP contribution in [0.1, 0.15) is 0 Å². The number of carbonyl (C=O) groups excluding carboxylic acids is 1. The van der Waals surface area contributed by atoms with Crippen molar-refractivity contribution in [1.82, 2.24) is 4.98 Å². The molecule has 2 rings (SSSR count). The minimum atomic E-state index is -2.33. The maximum Gasteiger partial charge on any atom is 2.00 e. The zero-order valence-corrected chi connectivity index (χ0v) is 8.59. The van der Waals surface area contributed by atoms with Crippen molar-refractivity contribution in [3.63, 3.8) is 0 Å². The first kappa shape index (κ1) is 13.4. The molecule has 0 aliphatic heterocycles. The second-order valence-electron chi connectivity index (χ2n) is 2.45. The summed E-state index contributed by atoms with van der Waals surface area (Å²) in [5.74, 6) is 0. The molecule has 0 N–H and O–H groups in total. The largest absolute Gasteiger partial charge is 2.00 e. The van der Waals surface area contributed by atoms with Crippen molar-refractivity contribution in [3.05, 3.63) is 42.6 Å². The van der Waals surface area contributed by atoms with E-state index in [0.717, 1.165) is 5.52 Å². The molecular weight excluding hydrogens is 241 g/mol. The summed E-state index contributed by atoms with van der Waals surface area (Å²) >= 11 is 0. The topological polar surface area (TPSA) is 76.1 Å². The minimum absolute atomic E-state index is 0. The SMILES string of the molecule is O=C([O-])[O-].[Co+2].c1ccc2ncccc2c1. The summed E-state index contributed by atoms with van der Waals surface area (Å²) < 4.78 is 0. The number of carbonyl (C=O) groups is 1. The average Bonchev–Trinajstić information content (AvgIpc) is 2.17. The van der Waals surface area contributed by atoms with Gasteiger partial charge in [0.1, 0.15) is 0 Å². The van der Waals surface area contributed by atoms with E-state index in [-0.39, 0.29) is 16.8 Å². The Labute approximate surface area is 96.8 Å². The van der Waals surface area contributed by atoms with Crippen LogP contribution in [-0.2, 0) is 16.8 Å². The van der Waals surface area contributed by atoms with E-state index in [9.17, 15) is 0 Å². The van der Waals surface area contributed by atoms with Gasteiger partial charge >= 0.3 is 16.8 Å². The molecule has 0 saturated carbocycles. The molecule has 15 heavy (non-hydrogen) atoms. The van der Waals surface area contributed by atoms with Gasteiger partial charge in [-0.3, -0.25) is 4.98 Å². The van der Waals surface area contributed by atoms with Gasteiger partial charge in [0.2, 0.25) is 0 Å². The maximum atomic E-state index is 8.33. The third kappa shape index (κ3) is 4.99. The second-order valence-corrected chi connectivity index (χ2v) is 2.45. The third-order valence-corrected chi connectivity index (χ3v) is 1.51. The summed E-state index contributed by atoms with van der Waals surface area (Å²) in [5, 5.41) is 17.9. The molecule has 1 heterocycles. The molecule has 0 fully saturated rings. The summed E-state index contributed by atoms with van der Waals surface area (Å²) in [7, 11) is 0. The molecule has 5 heteroatoms. The van der Waals surface area contributed by atoms with Gasteiger partial charge in [-0.15, -0.1) is 0 Å². The molecule has 0 amide bonds. The quantitative estimate of drug-likeness (QED) is 0.646. The van der Waals surface area contributed by atoms with Gasteiger partial charge in [0.25, 0.3) is 0 Å². The third-order valence-electron chi connectivity index (χ3n) is 1.51. The summed E-state index contributed by atoms with van der Waals surface area (Å²) in [4.78, 5) is 12.5. The van der Waals surface area contributed by atoms with Crippen molar-refractivity contribution >= 4 is 17.1 Å². The molecule has 79 valence electrons. The summed E-state index contributed by atoms with van der Waals surface area (Å²) in [5.41, 5.74) is 1.06. The Balaban J connectivity index is 0.000000346. The molecule has 0 aliphatic rings. The predicted molar refractivity (Wildman–Crippen MR) is 47.1 cm³/mol. The molecule has 0 unspecified atom stereocenters. The van der Waals surface area contributed by atoms with Crippen LogP contribution in [0.5, 0.6) is 0 Å². The number of benzene rings is 1. The maximum absolute atomic E-state index is 8.33. The standard InChI is InChI=1S/C9H7N.CH2O3.Co/c1-2-6-9-8(4-1)5-3-7-10-9;2-1(3)4;/h1-7H;(H2,2,3,4);/q;;+2/p-2. The summed E-state index contributed by atoms with van der Waals surface area (Å²) in [6, 6.07) is 12.1. The predicted octanol–water partition coefficient (Wildman–Crippen LogP) is -0.215. The van der Waals surface area contributed by atoms with Gasteiger partial charge in [-0.1, -0.05) is 24.3 Å². The molecule has 1 aromatic heterocycles. The molecular formula is C10H7CoNO3. The fraction of sp³-hybridized carbons (Fsp3) is 0. The summed E-state index contributed by atoms with van der Waals surface area (Å²) in [6.45, 7) is 0. The van der Waals surface area contributed by atoms with E-state index in [1.54, 1.807) is 0 Å². The van der Waals surface area contributed by atoms with Crippen molar-refractivity contribution in [1.29, 1.82) is 0 Å². The van der Waals surface area contributed by atoms with Crippen molar-refractivity contribution in [2.75, 3.05) is 0 Å². The number of nitrogens with zero attached hydrogens (tertiary/aromatic N) is 1. The Morgan fingerprint density at radius 1 is 1.07 bits per heavy atom. The van der Waals surface area contributed by atoms with Crippen LogP contribution in [0.4, 0.5) is 4.79 Å². The first-order valence-electron chi connectivity index (χ1n) is 3.88. The van der Waals surface area contributed by atoms with Gasteiger partial charge in [-0.25, -0.2) is 0 Å². The monoisotopic (exact) mass is 248 g/mol. The molecule has 1 radical (unpaired) electrons. The van der Waals surface area contributed by atoms with Gasteiger partial charge in [-0.05, 0) is 18.3 Å². The van der Waals surface area contributed by atoms with Gasteiger partial charge in [0.15, 0.2) is 0 Å². The number of pyridine rings is 1. The van der Waals surface area contributed by atoms with Crippen molar-refractivity contribution in [2.24, 2.45) is 0 Å². The van der Waals surface area contributed by atoms with E-state index in [4.69, 9.17) is 15.0 Å². The Hall–Kier alpha value is -1.59. The molecule has 0 atom stereocenters. The average molecular weight is 248 g/mol. The first-order valence-corrected chi connectivity index (χ1v) is 3.88. The fourth-order valence-electron chi connectivity index (χ4n) is 1.02. The molecule has 0 saturated heterocycles. The van der Waals surface area contributed by atoms with Crippen LogP contribution in [0, 0.1) is 0 Å². The van der Waals surface area contributed by atoms with Crippen LogP contribution in [0.15, 0.2) is 42.6 Å². The second kappa shape index (κ2) is 6.80. The van der Waals surface area contributed by atoms with Crippen LogP contribution in [0.3, 0.4) is 0 Å². The Bertz CT molecular complexity index is 364. The Kier molecular flexibility index (Phi) is 6.08. The zero-order chi connectivity index (χ0) is 10.4. The number of carboxylic acid groups (broad SMARTS) is 2. The van der Waals surface area contributed by atoms with Crippen molar-refractivity contribution < 1.29 is 31.8 Å². The van der Waals surface area contributed by atoms with Gasteiger partial charge in [0.05, 0.1) is 5.52 Å². The molecule has 2 aromatic rings. The number of rotatable bonds is 0. The van der Waals surface area contributed by atoms with E-state index in [0.29, 0.717) is 0 Å². The molecule has 0 aliphatic carbocycles. The van der Waals surface area contributed by atoms with E-state index in [1.807, 2.05) is 30.5 Å². The minimum Gasteiger partial charge on any atom is -0.652 e. The van der Waals surface area contributed by atoms with E-state index < -0.39 is 6.16 Å². The zero-order valence-electron chi connectivity index (χ0n) is 7.55. The van der Waals surface area contributed by atoms with Gasteiger partial charge < -0.3 is 15.0 Å². The fourth-order valence-corrected chi connectivity index (χ4v) is 1.02. The Morgan fingerprint density at radius 2 is 1.60 bits per heavy atom. The number of aromatic nitrogens is 1. The van der Waals surface area contributed by atoms with Crippen LogP contribution >= 0.6 is 0 Å². The molecule has 0 spiro atoms. The number of fused-ring (bicyclic) bond motifs is 1. The van der Waals surface area contributed by atoms with E-state index >= 15 is 0 Å². The Morgan fingerprint density at radius 3 is 2.20 bits per heavy atom. The van der Waals surface area contributed by atoms with Crippen LogP contribution < -0.4 is 10.2 Å². The van der Waals surface area contributed by atoms with Crippen molar-refractivity contribution in [2.45, 2.75) is 0 Å². The molecule has 1 aromatic carbocycles. The van der Waals surface area contributed by atoms with Crippen LogP contribution in [0.25, 0.3) is 10.9 Å². The van der Waals surface area contributed by atoms with E-state index in [2.05, 4.69) is 17.1 Å². The summed E-state index contributed by atoms with van der Waals surface area (Å²) in [6.07, 6.45) is -0.525. The molecule has 4 nitrogen and oxygen atoms in total. The smallest absolute Gasteiger partial charge is 0.652 e. The number of para-hydroxylation sites is 1. The van der Waals surface area contributed by atoms with Gasteiger partial charge in [-0.2, -0.15) is 0 Å². The van der Waals surface area contributed by atoms with Crippen LogP contribution in [0.2, 0.25) is 0 Å². The van der Waals surface area contributed by atoms with E-state index in [1.165, 1.54) is 5.39 Å². The normalized spacial score (nSPS) is 8.27.